The lowest BCUT2D eigenvalue weighted by Gasteiger charge is -2.38. The van der Waals surface area contributed by atoms with Gasteiger partial charge in [-0.1, -0.05) is 6.42 Å². The highest BCUT2D eigenvalue weighted by atomic mass is 35.5. The largest absolute Gasteiger partial charge is 0.341 e. The minimum Gasteiger partial charge on any atom is -0.341 e. The van der Waals surface area contributed by atoms with E-state index < -0.39 is 0 Å². The molecule has 1 saturated heterocycles. The molecule has 0 aromatic heterocycles. The van der Waals surface area contributed by atoms with Gasteiger partial charge in [-0.15, -0.1) is 24.8 Å². The van der Waals surface area contributed by atoms with Crippen LogP contribution in [-0.4, -0.2) is 55.5 Å². The van der Waals surface area contributed by atoms with Crippen LogP contribution in [0.5, 0.6) is 0 Å². The molecule has 1 amide bonds. The van der Waals surface area contributed by atoms with E-state index in [0.29, 0.717) is 24.4 Å². The molecule has 6 heteroatoms. The van der Waals surface area contributed by atoms with Crippen molar-refractivity contribution in [2.45, 2.75) is 38.1 Å². The second-order valence-corrected chi connectivity index (χ2v) is 6.08. The van der Waals surface area contributed by atoms with Gasteiger partial charge in [0.2, 0.25) is 5.91 Å². The molecule has 0 aromatic carbocycles. The molecule has 2 N–H and O–H groups in total. The van der Waals surface area contributed by atoms with Crippen molar-refractivity contribution in [1.82, 2.24) is 9.80 Å². The number of nitrogens with zero attached hydrogens (tertiary/aromatic N) is 2. The zero-order chi connectivity index (χ0) is 13.1. The number of likely N-dealkylation sites (N-methyl/N-ethyl adjacent to an activating group) is 1. The summed E-state index contributed by atoms with van der Waals surface area (Å²) in [7, 11) is 4.22. The molecular weight excluding hydrogens is 297 g/mol. The second kappa shape index (κ2) is 9.08. The number of carbonyl (C=O) groups excluding carboxylic acids is 1. The van der Waals surface area contributed by atoms with E-state index in [2.05, 4.69) is 23.9 Å². The average molecular weight is 326 g/mol. The molecule has 0 aromatic rings. The summed E-state index contributed by atoms with van der Waals surface area (Å²) in [5, 5.41) is 0. The fourth-order valence-electron chi connectivity index (χ4n) is 3.45. The average Bonchev–Trinajstić information content (AvgIpc) is 2.86. The van der Waals surface area contributed by atoms with Gasteiger partial charge in [-0.05, 0) is 52.2 Å². The van der Waals surface area contributed by atoms with Crippen LogP contribution >= 0.6 is 24.8 Å². The molecule has 1 unspecified atom stereocenters. The van der Waals surface area contributed by atoms with E-state index in [4.69, 9.17) is 5.73 Å². The van der Waals surface area contributed by atoms with Gasteiger partial charge in [0.15, 0.2) is 0 Å². The minimum atomic E-state index is 0. The third-order valence-electron chi connectivity index (χ3n) is 4.72. The molecule has 2 aliphatic rings. The Labute approximate surface area is 135 Å². The highest BCUT2D eigenvalue weighted by Crippen LogP contribution is 2.33. The van der Waals surface area contributed by atoms with Crippen LogP contribution < -0.4 is 5.73 Å². The summed E-state index contributed by atoms with van der Waals surface area (Å²) in [6.45, 7) is 2.51. The third-order valence-corrected chi connectivity index (χ3v) is 4.72. The van der Waals surface area contributed by atoms with Gasteiger partial charge in [0.25, 0.3) is 0 Å². The van der Waals surface area contributed by atoms with Crippen molar-refractivity contribution in [1.29, 1.82) is 0 Å². The predicted molar refractivity (Wildman–Crippen MR) is 87.7 cm³/mol. The molecular formula is C14H29Cl2N3O. The van der Waals surface area contributed by atoms with Crippen LogP contribution in [0.3, 0.4) is 0 Å². The van der Waals surface area contributed by atoms with E-state index >= 15 is 0 Å². The first-order chi connectivity index (χ1) is 8.63. The Balaban J connectivity index is 0.00000180. The number of carbonyl (C=O) groups is 1. The molecule has 0 spiro atoms. The SMILES string of the molecule is CN(C)C1CCCN(C(=O)[C@@H]2CCC[C@@H]2CN)C1.Cl.Cl. The van der Waals surface area contributed by atoms with Crippen molar-refractivity contribution in [3.05, 3.63) is 0 Å². The van der Waals surface area contributed by atoms with Gasteiger partial charge in [0, 0.05) is 25.0 Å². The van der Waals surface area contributed by atoms with Gasteiger partial charge in [-0.2, -0.15) is 0 Å². The number of halogens is 2. The van der Waals surface area contributed by atoms with Crippen molar-refractivity contribution in [3.8, 4) is 0 Å². The summed E-state index contributed by atoms with van der Waals surface area (Å²) in [6, 6.07) is 0.528. The van der Waals surface area contributed by atoms with Crippen LogP contribution in [0.2, 0.25) is 0 Å². The summed E-state index contributed by atoms with van der Waals surface area (Å²) in [5.74, 6) is 1.00. The van der Waals surface area contributed by atoms with Crippen molar-refractivity contribution >= 4 is 30.7 Å². The standard InChI is InChI=1S/C14H27N3O.2ClH/c1-16(2)12-6-4-8-17(10-12)14(18)13-7-3-5-11(13)9-15;;/h11-13H,3-10,15H2,1-2H3;2*1H/t11-,12?,13-;;/m1../s1. The number of amides is 1. The Hall–Kier alpha value is -0.0300. The van der Waals surface area contributed by atoms with Crippen LogP contribution in [-0.2, 0) is 4.79 Å². The Kier molecular flexibility index (Phi) is 9.07. The maximum absolute atomic E-state index is 12.6. The molecule has 4 nitrogen and oxygen atoms in total. The van der Waals surface area contributed by atoms with Crippen LogP contribution in [0.1, 0.15) is 32.1 Å². The first-order valence-electron chi connectivity index (χ1n) is 7.28. The topological polar surface area (TPSA) is 49.6 Å². The molecule has 3 atom stereocenters. The molecule has 1 saturated carbocycles. The van der Waals surface area contributed by atoms with E-state index in [9.17, 15) is 4.79 Å². The number of hydrogen-bond acceptors (Lipinski definition) is 3. The molecule has 2 rings (SSSR count). The molecule has 2 fully saturated rings. The third kappa shape index (κ3) is 4.48. The van der Waals surface area contributed by atoms with Gasteiger partial charge in [0.1, 0.15) is 0 Å². The van der Waals surface area contributed by atoms with Crippen LogP contribution in [0.15, 0.2) is 0 Å². The van der Waals surface area contributed by atoms with E-state index in [1.165, 1.54) is 12.8 Å². The zero-order valence-electron chi connectivity index (χ0n) is 12.6. The monoisotopic (exact) mass is 325 g/mol. The highest BCUT2D eigenvalue weighted by molar-refractivity contribution is 5.85. The van der Waals surface area contributed by atoms with Crippen LogP contribution in [0, 0.1) is 11.8 Å². The predicted octanol–water partition coefficient (Wildman–Crippen LogP) is 1.76. The minimum absolute atomic E-state index is 0. The first-order valence-corrected chi connectivity index (χ1v) is 7.28. The second-order valence-electron chi connectivity index (χ2n) is 6.08. The number of likely N-dealkylation sites (tertiary alicyclic amines) is 1. The Morgan fingerprint density at radius 3 is 2.50 bits per heavy atom. The maximum atomic E-state index is 12.6. The van der Waals surface area contributed by atoms with Crippen molar-refractivity contribution in [2.75, 3.05) is 33.7 Å². The van der Waals surface area contributed by atoms with Gasteiger partial charge in [0.05, 0.1) is 0 Å². The Bertz CT molecular complexity index is 302. The normalized spacial score (nSPS) is 29.8. The first kappa shape index (κ1) is 20.0. The Morgan fingerprint density at radius 1 is 1.20 bits per heavy atom. The number of piperidine rings is 1. The summed E-state index contributed by atoms with van der Waals surface area (Å²) in [5.41, 5.74) is 5.79. The van der Waals surface area contributed by atoms with Gasteiger partial charge in [-0.3, -0.25) is 4.79 Å². The van der Waals surface area contributed by atoms with E-state index in [0.717, 1.165) is 32.4 Å². The summed E-state index contributed by atoms with van der Waals surface area (Å²) < 4.78 is 0. The van der Waals surface area contributed by atoms with Crippen molar-refractivity contribution < 1.29 is 4.79 Å². The molecule has 0 bridgehead atoms. The van der Waals surface area contributed by atoms with Gasteiger partial charge < -0.3 is 15.5 Å². The lowest BCUT2D eigenvalue weighted by Crippen LogP contribution is -2.50. The molecule has 120 valence electrons. The zero-order valence-corrected chi connectivity index (χ0v) is 14.2. The maximum Gasteiger partial charge on any atom is 0.226 e. The summed E-state index contributed by atoms with van der Waals surface area (Å²) in [6.07, 6.45) is 5.70. The number of hydrogen-bond donors (Lipinski definition) is 1. The fourth-order valence-corrected chi connectivity index (χ4v) is 3.45. The molecule has 0 radical (unpaired) electrons. The van der Waals surface area contributed by atoms with Crippen molar-refractivity contribution in [2.24, 2.45) is 17.6 Å². The van der Waals surface area contributed by atoms with Crippen LogP contribution in [0.25, 0.3) is 0 Å². The lowest BCUT2D eigenvalue weighted by molar-refractivity contribution is -0.138. The smallest absolute Gasteiger partial charge is 0.226 e. The van der Waals surface area contributed by atoms with Gasteiger partial charge >= 0.3 is 0 Å². The molecule has 1 aliphatic carbocycles. The lowest BCUT2D eigenvalue weighted by atomic mass is 9.93. The molecule has 1 heterocycles. The van der Waals surface area contributed by atoms with Crippen molar-refractivity contribution in [3.63, 3.8) is 0 Å². The molecule has 20 heavy (non-hydrogen) atoms. The van der Waals surface area contributed by atoms with E-state index in [1.807, 2.05) is 0 Å². The van der Waals surface area contributed by atoms with Gasteiger partial charge in [-0.25, -0.2) is 0 Å². The number of nitrogens with two attached hydrogens (primary N) is 1. The summed E-state index contributed by atoms with van der Waals surface area (Å²) >= 11 is 0. The highest BCUT2D eigenvalue weighted by Gasteiger charge is 2.36. The fraction of sp³-hybridized carbons (Fsp3) is 0.929. The van der Waals surface area contributed by atoms with E-state index in [1.54, 1.807) is 0 Å². The van der Waals surface area contributed by atoms with Crippen LogP contribution in [0.4, 0.5) is 0 Å². The number of rotatable bonds is 3. The molecule has 1 aliphatic heterocycles. The quantitative estimate of drug-likeness (QED) is 0.860. The Morgan fingerprint density at radius 2 is 1.90 bits per heavy atom. The van der Waals surface area contributed by atoms with E-state index in [-0.39, 0.29) is 30.7 Å². The summed E-state index contributed by atoms with van der Waals surface area (Å²) in [4.78, 5) is 16.9.